The maximum atomic E-state index is 14.0. The molecule has 0 heterocycles. The first-order valence-corrected chi connectivity index (χ1v) is 25.5. The number of benzene rings is 8. The monoisotopic (exact) mass is 976 g/mol. The highest BCUT2D eigenvalue weighted by Crippen LogP contribution is 2.43. The van der Waals surface area contributed by atoms with Gasteiger partial charge in [-0.2, -0.15) is 0 Å². The average Bonchev–Trinajstić information content (AvgIpc) is 3.37. The van der Waals surface area contributed by atoms with E-state index in [1.54, 1.807) is 36.4 Å². The fourth-order valence-electron chi connectivity index (χ4n) is 11.2. The Hall–Kier alpha value is -8.36. The van der Waals surface area contributed by atoms with Gasteiger partial charge in [0.25, 0.3) is 0 Å². The lowest BCUT2D eigenvalue weighted by atomic mass is 9.82. The van der Waals surface area contributed by atoms with Crippen LogP contribution in [0.25, 0.3) is 0 Å². The molecule has 0 bridgehead atoms. The number of aryl methyl sites for hydroxylation is 12. The highest BCUT2D eigenvalue weighted by Gasteiger charge is 2.36. The fraction of sp³-hybridized carbons (Fsp3) is 0.212. The van der Waals surface area contributed by atoms with Gasteiger partial charge in [0.1, 0.15) is 0 Å². The zero-order valence-corrected chi connectivity index (χ0v) is 44.6. The van der Waals surface area contributed by atoms with Gasteiger partial charge < -0.3 is 21.3 Å². The van der Waals surface area contributed by atoms with Gasteiger partial charge in [0.2, 0.25) is 0 Å². The van der Waals surface area contributed by atoms with Crippen LogP contribution in [-0.4, -0.2) is 23.1 Å². The highest BCUT2D eigenvalue weighted by atomic mass is 16.1. The van der Waals surface area contributed by atoms with Gasteiger partial charge in [-0.25, -0.2) is 0 Å². The molecular formula is C66H64N4O4. The Morgan fingerprint density at radius 1 is 0.297 bits per heavy atom. The summed E-state index contributed by atoms with van der Waals surface area (Å²) in [5.74, 6) is -0.571. The van der Waals surface area contributed by atoms with E-state index in [9.17, 15) is 19.2 Å². The maximum absolute atomic E-state index is 14.0. The number of nitrogens with one attached hydrogen (secondary N) is 4. The van der Waals surface area contributed by atoms with E-state index >= 15 is 0 Å². The van der Waals surface area contributed by atoms with Gasteiger partial charge in [0, 0.05) is 45.0 Å². The Morgan fingerprint density at radius 2 is 0.514 bits per heavy atom. The molecule has 0 atom stereocenters. The molecule has 2 aliphatic rings. The topological polar surface area (TPSA) is 116 Å². The Morgan fingerprint density at radius 3 is 0.757 bits per heavy atom. The summed E-state index contributed by atoms with van der Waals surface area (Å²) in [5.41, 5.74) is 23.6. The SMILES string of the molecule is CCc1cc(C)cc(C)c1Nc1ccc(Nc2c(C)cc(C)cc2CC)c2c1C(=O)c1ccccc1C2=O.Cc1cc(C)c(Nc2ccc(Nc3c(C)cc(C)cc3C)c3c2C(=O)c2ccccc2C3=O)c(C)c1. The van der Waals surface area contributed by atoms with Crippen molar-refractivity contribution in [2.45, 2.75) is 95.9 Å². The van der Waals surface area contributed by atoms with Crippen LogP contribution in [0.1, 0.15) is 144 Å². The van der Waals surface area contributed by atoms with Crippen molar-refractivity contribution in [3.05, 3.63) is 233 Å². The van der Waals surface area contributed by atoms with Gasteiger partial charge in [-0.15, -0.1) is 0 Å². The smallest absolute Gasteiger partial charge is 0.196 e. The van der Waals surface area contributed by atoms with Crippen molar-refractivity contribution in [1.82, 2.24) is 0 Å². The summed E-state index contributed by atoms with van der Waals surface area (Å²) in [5, 5.41) is 14.1. The predicted molar refractivity (Wildman–Crippen MR) is 305 cm³/mol. The number of rotatable bonds is 10. The van der Waals surface area contributed by atoms with E-state index in [0.29, 0.717) is 67.3 Å². The first kappa shape index (κ1) is 50.6. The van der Waals surface area contributed by atoms with Crippen molar-refractivity contribution in [2.75, 3.05) is 21.3 Å². The molecule has 0 aliphatic heterocycles. The second-order valence-electron chi connectivity index (χ2n) is 20.2. The summed E-state index contributed by atoms with van der Waals surface area (Å²) in [4.78, 5) is 55.7. The molecule has 0 radical (unpaired) electrons. The van der Waals surface area contributed by atoms with E-state index < -0.39 is 0 Å². The summed E-state index contributed by atoms with van der Waals surface area (Å²) in [6.45, 7) is 24.9. The zero-order chi connectivity index (χ0) is 52.9. The molecule has 8 aromatic rings. The molecule has 74 heavy (non-hydrogen) atoms. The third-order valence-corrected chi connectivity index (χ3v) is 14.4. The molecule has 8 aromatic carbocycles. The van der Waals surface area contributed by atoms with Gasteiger partial charge >= 0.3 is 0 Å². The van der Waals surface area contributed by atoms with E-state index in [-0.39, 0.29) is 23.1 Å². The second-order valence-corrected chi connectivity index (χ2v) is 20.2. The Balaban J connectivity index is 0.000000182. The highest BCUT2D eigenvalue weighted by molar-refractivity contribution is 6.33. The van der Waals surface area contributed by atoms with Crippen LogP contribution in [0.4, 0.5) is 45.5 Å². The predicted octanol–water partition coefficient (Wildman–Crippen LogP) is 16.1. The van der Waals surface area contributed by atoms with E-state index in [0.717, 1.165) is 69.0 Å². The molecule has 4 N–H and O–H groups in total. The number of carbonyl (C=O) groups is 4. The molecule has 0 saturated heterocycles. The lowest BCUT2D eigenvalue weighted by Gasteiger charge is -2.26. The number of hydrogen-bond acceptors (Lipinski definition) is 8. The number of fused-ring (bicyclic) bond motifs is 4. The summed E-state index contributed by atoms with van der Waals surface area (Å²) in [7, 11) is 0. The number of hydrogen-bond donors (Lipinski definition) is 4. The zero-order valence-electron chi connectivity index (χ0n) is 44.6. The number of carbonyl (C=O) groups excluding carboxylic acids is 4. The molecule has 372 valence electrons. The normalized spacial score (nSPS) is 12.3. The molecule has 8 heteroatoms. The van der Waals surface area contributed by atoms with Crippen molar-refractivity contribution >= 4 is 68.6 Å². The van der Waals surface area contributed by atoms with Crippen LogP contribution in [0.2, 0.25) is 0 Å². The molecule has 0 fully saturated rings. The molecule has 0 aromatic heterocycles. The molecule has 0 saturated carbocycles. The average molecular weight is 977 g/mol. The van der Waals surface area contributed by atoms with Crippen molar-refractivity contribution in [3.8, 4) is 0 Å². The van der Waals surface area contributed by atoms with Crippen molar-refractivity contribution in [3.63, 3.8) is 0 Å². The van der Waals surface area contributed by atoms with Crippen molar-refractivity contribution < 1.29 is 19.2 Å². The van der Waals surface area contributed by atoms with Crippen LogP contribution < -0.4 is 21.3 Å². The van der Waals surface area contributed by atoms with Gasteiger partial charge in [-0.3, -0.25) is 19.2 Å². The van der Waals surface area contributed by atoms with Crippen LogP contribution in [0, 0.1) is 69.2 Å². The van der Waals surface area contributed by atoms with Crippen LogP contribution in [0.5, 0.6) is 0 Å². The van der Waals surface area contributed by atoms with Gasteiger partial charge in [-0.05, 0) is 151 Å². The molecule has 2 aliphatic carbocycles. The summed E-state index contributed by atoms with van der Waals surface area (Å²) < 4.78 is 0. The lowest BCUT2D eigenvalue weighted by molar-refractivity contribution is 0.0980. The van der Waals surface area contributed by atoms with Crippen LogP contribution in [0.15, 0.2) is 121 Å². The Bertz CT molecular complexity index is 3390. The van der Waals surface area contributed by atoms with Gasteiger partial charge in [0.05, 0.1) is 45.0 Å². The van der Waals surface area contributed by atoms with E-state index in [4.69, 9.17) is 0 Å². The number of anilines is 8. The Labute approximate surface area is 435 Å². The van der Waals surface area contributed by atoms with Crippen molar-refractivity contribution in [1.29, 1.82) is 0 Å². The third-order valence-electron chi connectivity index (χ3n) is 14.4. The molecule has 8 nitrogen and oxygen atoms in total. The largest absolute Gasteiger partial charge is 0.354 e. The van der Waals surface area contributed by atoms with Crippen LogP contribution in [-0.2, 0) is 12.8 Å². The Kier molecular flexibility index (Phi) is 13.9. The summed E-state index contributed by atoms with van der Waals surface area (Å²) in [6, 6.07) is 38.9. The summed E-state index contributed by atoms with van der Waals surface area (Å²) >= 11 is 0. The molecular weight excluding hydrogens is 913 g/mol. The molecule has 0 spiro atoms. The third kappa shape index (κ3) is 9.33. The molecule has 0 amide bonds. The minimum absolute atomic E-state index is 0.138. The first-order chi connectivity index (χ1) is 35.4. The van der Waals surface area contributed by atoms with Gasteiger partial charge in [-0.1, -0.05) is 133 Å². The quantitative estimate of drug-likeness (QED) is 0.107. The van der Waals surface area contributed by atoms with Gasteiger partial charge in [0.15, 0.2) is 23.1 Å². The first-order valence-electron chi connectivity index (χ1n) is 25.5. The number of ketones is 4. The maximum Gasteiger partial charge on any atom is 0.196 e. The minimum atomic E-state index is -0.147. The minimum Gasteiger partial charge on any atom is -0.354 e. The van der Waals surface area contributed by atoms with E-state index in [2.05, 4.69) is 153 Å². The van der Waals surface area contributed by atoms with Crippen molar-refractivity contribution in [2.24, 2.45) is 0 Å². The molecule has 10 rings (SSSR count). The lowest BCUT2D eigenvalue weighted by Crippen LogP contribution is -2.23. The fourth-order valence-corrected chi connectivity index (χ4v) is 11.2. The standard InChI is InChI=1S/C34H34N2O2.C32H30N2O2/c1-7-23-17-19(3)15-21(5)31(23)35-27-13-14-28(36-32-22(6)16-20(4)18-24(32)8-2)30-29(27)33(37)25-11-9-10-12-26(25)34(30)38;1-17-13-19(3)29(20(4)14-17)33-25-11-12-26(34-30-21(5)15-18(2)16-22(30)6)28-27(25)31(35)23-9-7-8-10-24(23)32(28)36/h9-18,35-36H,7-8H2,1-6H3;7-16,33-34H,1-6H3. The second kappa shape index (κ2) is 20.3. The van der Waals surface area contributed by atoms with E-state index in [1.165, 1.54) is 33.4 Å². The molecule has 0 unspecified atom stereocenters. The van der Waals surface area contributed by atoms with E-state index in [1.807, 2.05) is 36.4 Å². The van der Waals surface area contributed by atoms with Crippen LogP contribution >= 0.6 is 0 Å². The van der Waals surface area contributed by atoms with Crippen LogP contribution in [0.3, 0.4) is 0 Å². The summed E-state index contributed by atoms with van der Waals surface area (Å²) in [6.07, 6.45) is 1.71.